The van der Waals surface area contributed by atoms with E-state index in [0.717, 1.165) is 38.9 Å². The van der Waals surface area contributed by atoms with Gasteiger partial charge in [0.2, 0.25) is 11.8 Å². The third-order valence-corrected chi connectivity index (χ3v) is 5.82. The predicted molar refractivity (Wildman–Crippen MR) is 128 cm³/mol. The molecule has 0 aliphatic carbocycles. The van der Waals surface area contributed by atoms with Gasteiger partial charge in [-0.1, -0.05) is 66.6 Å². The number of amides is 2. The van der Waals surface area contributed by atoms with Crippen LogP contribution < -0.4 is 10.6 Å². The fourth-order valence-corrected chi connectivity index (χ4v) is 4.11. The molecule has 2 amide bonds. The molecule has 0 saturated carbocycles. The minimum Gasteiger partial charge on any atom is -0.350 e. The number of carbonyl (C=O) groups excluding carboxylic acids is 2. The summed E-state index contributed by atoms with van der Waals surface area (Å²) in [6.07, 6.45) is 10.4. The van der Waals surface area contributed by atoms with Gasteiger partial charge in [0, 0.05) is 37.2 Å². The topological polar surface area (TPSA) is 61.4 Å². The van der Waals surface area contributed by atoms with Gasteiger partial charge in [-0.3, -0.25) is 9.59 Å². The highest BCUT2D eigenvalue weighted by Gasteiger charge is 2.22. The Labute approximate surface area is 190 Å². The molecule has 1 aliphatic heterocycles. The van der Waals surface area contributed by atoms with Gasteiger partial charge < -0.3 is 15.5 Å². The molecule has 0 spiro atoms. The fraction of sp³-hybridized carbons (Fsp3) is 0.333. The van der Waals surface area contributed by atoms with Crippen molar-refractivity contribution in [2.45, 2.75) is 31.2 Å². The van der Waals surface area contributed by atoms with Crippen LogP contribution >= 0.6 is 0 Å². The molecule has 0 atom stereocenters. The first-order valence-electron chi connectivity index (χ1n) is 11.2. The Kier molecular flexibility index (Phi) is 9.09. The molecule has 5 nitrogen and oxygen atoms in total. The van der Waals surface area contributed by atoms with Crippen LogP contribution in [-0.2, 0) is 9.59 Å². The van der Waals surface area contributed by atoms with Crippen LogP contribution in [0.1, 0.15) is 36.3 Å². The van der Waals surface area contributed by atoms with E-state index < -0.39 is 0 Å². The Morgan fingerprint density at radius 3 is 2.09 bits per heavy atom. The molecule has 0 bridgehead atoms. The molecule has 0 unspecified atom stereocenters. The van der Waals surface area contributed by atoms with E-state index in [0.29, 0.717) is 5.92 Å². The summed E-state index contributed by atoms with van der Waals surface area (Å²) in [5.74, 6) is 2.09. The molecule has 1 aliphatic rings. The van der Waals surface area contributed by atoms with Crippen LogP contribution in [0, 0.1) is 12.3 Å². The molecule has 1 saturated heterocycles. The number of hydrogen-bond acceptors (Lipinski definition) is 3. The third-order valence-electron chi connectivity index (χ3n) is 5.82. The van der Waals surface area contributed by atoms with E-state index in [1.807, 2.05) is 0 Å². The van der Waals surface area contributed by atoms with E-state index >= 15 is 0 Å². The molecule has 1 heterocycles. The highest BCUT2D eigenvalue weighted by molar-refractivity contribution is 5.96. The van der Waals surface area contributed by atoms with Crippen molar-refractivity contribution < 1.29 is 9.59 Å². The number of carbonyl (C=O) groups is 2. The van der Waals surface area contributed by atoms with Crippen molar-refractivity contribution in [3.05, 3.63) is 83.9 Å². The number of piperidine rings is 1. The number of nitrogens with zero attached hydrogens (tertiary/aromatic N) is 1. The summed E-state index contributed by atoms with van der Waals surface area (Å²) in [6.45, 7) is 3.07. The second kappa shape index (κ2) is 12.5. The van der Waals surface area contributed by atoms with Crippen LogP contribution in [0.4, 0.5) is 0 Å². The third kappa shape index (κ3) is 7.40. The zero-order valence-corrected chi connectivity index (χ0v) is 18.4. The molecule has 3 rings (SSSR count). The Hall–Kier alpha value is -3.36. The molecular formula is C27H31N3O2. The lowest BCUT2D eigenvalue weighted by Gasteiger charge is -2.33. The van der Waals surface area contributed by atoms with E-state index in [1.54, 1.807) is 0 Å². The summed E-state index contributed by atoms with van der Waals surface area (Å²) < 4.78 is 0. The van der Waals surface area contributed by atoms with Gasteiger partial charge in [0.05, 0.1) is 6.54 Å². The normalized spacial score (nSPS) is 14.9. The Balaban J connectivity index is 1.46. The van der Waals surface area contributed by atoms with Crippen LogP contribution in [0.3, 0.4) is 0 Å². The molecule has 32 heavy (non-hydrogen) atoms. The molecule has 2 N–H and O–H groups in total. The van der Waals surface area contributed by atoms with Crippen LogP contribution in [0.2, 0.25) is 0 Å². The van der Waals surface area contributed by atoms with E-state index in [9.17, 15) is 9.59 Å². The quantitative estimate of drug-likeness (QED) is 0.476. The van der Waals surface area contributed by atoms with Gasteiger partial charge >= 0.3 is 0 Å². The highest BCUT2D eigenvalue weighted by atomic mass is 16.2. The second-order valence-electron chi connectivity index (χ2n) is 8.04. The van der Waals surface area contributed by atoms with E-state index in [1.165, 1.54) is 23.3 Å². The fourth-order valence-electron chi connectivity index (χ4n) is 4.11. The number of hydrogen-bond donors (Lipinski definition) is 2. The molecule has 5 heteroatoms. The first kappa shape index (κ1) is 23.3. The smallest absolute Gasteiger partial charge is 0.244 e. The molecular weight excluding hydrogens is 398 g/mol. The van der Waals surface area contributed by atoms with Gasteiger partial charge in [0.1, 0.15) is 0 Å². The average molecular weight is 430 g/mol. The van der Waals surface area contributed by atoms with E-state index in [4.69, 9.17) is 6.42 Å². The SMILES string of the molecule is C#CCNC(=O)C=CC(=O)NC1CCN(CCC(c2ccccc2)c2ccccc2)CC1. The lowest BCUT2D eigenvalue weighted by Crippen LogP contribution is -2.44. The van der Waals surface area contributed by atoms with Crippen molar-refractivity contribution in [3.63, 3.8) is 0 Å². The maximum Gasteiger partial charge on any atom is 0.244 e. The van der Waals surface area contributed by atoms with E-state index in [-0.39, 0.29) is 24.4 Å². The van der Waals surface area contributed by atoms with Crippen molar-refractivity contribution in [1.29, 1.82) is 0 Å². The maximum absolute atomic E-state index is 12.1. The molecule has 1 fully saturated rings. The Morgan fingerprint density at radius 2 is 1.53 bits per heavy atom. The zero-order chi connectivity index (χ0) is 22.6. The molecule has 0 radical (unpaired) electrons. The Morgan fingerprint density at radius 1 is 0.969 bits per heavy atom. The van der Waals surface area contributed by atoms with Crippen molar-refractivity contribution in [2.24, 2.45) is 0 Å². The Bertz CT molecular complexity index is 887. The summed E-state index contributed by atoms with van der Waals surface area (Å²) in [4.78, 5) is 26.0. The van der Waals surface area contributed by atoms with Crippen molar-refractivity contribution in [3.8, 4) is 12.3 Å². The number of benzene rings is 2. The number of terminal acetylenes is 1. The molecule has 2 aromatic carbocycles. The lowest BCUT2D eigenvalue weighted by atomic mass is 9.88. The van der Waals surface area contributed by atoms with E-state index in [2.05, 4.69) is 82.1 Å². The van der Waals surface area contributed by atoms with Gasteiger partial charge in [-0.05, 0) is 36.9 Å². The zero-order valence-electron chi connectivity index (χ0n) is 18.4. The minimum absolute atomic E-state index is 0.135. The second-order valence-corrected chi connectivity index (χ2v) is 8.04. The largest absolute Gasteiger partial charge is 0.350 e. The molecule has 0 aromatic heterocycles. The maximum atomic E-state index is 12.1. The van der Waals surface area contributed by atoms with Crippen molar-refractivity contribution >= 4 is 11.8 Å². The first-order valence-corrected chi connectivity index (χ1v) is 11.2. The van der Waals surface area contributed by atoms with Crippen molar-refractivity contribution in [2.75, 3.05) is 26.2 Å². The molecule has 2 aromatic rings. The summed E-state index contributed by atoms with van der Waals surface area (Å²) in [5, 5.41) is 5.49. The van der Waals surface area contributed by atoms with Gasteiger partial charge in [-0.15, -0.1) is 6.42 Å². The summed E-state index contributed by atoms with van der Waals surface area (Å²) in [7, 11) is 0. The van der Waals surface area contributed by atoms with Gasteiger partial charge in [0.15, 0.2) is 0 Å². The highest BCUT2D eigenvalue weighted by Crippen LogP contribution is 2.28. The average Bonchev–Trinajstić information content (AvgIpc) is 2.84. The summed E-state index contributed by atoms with van der Waals surface area (Å²) in [5.41, 5.74) is 2.69. The predicted octanol–water partition coefficient (Wildman–Crippen LogP) is 3.09. The van der Waals surface area contributed by atoms with Crippen LogP contribution in [0.25, 0.3) is 0 Å². The first-order chi connectivity index (χ1) is 15.7. The summed E-state index contributed by atoms with van der Waals surface area (Å²) in [6, 6.07) is 21.5. The number of likely N-dealkylation sites (tertiary alicyclic amines) is 1. The monoisotopic (exact) mass is 429 g/mol. The van der Waals surface area contributed by atoms with Crippen LogP contribution in [-0.4, -0.2) is 48.9 Å². The molecule has 166 valence electrons. The summed E-state index contributed by atoms with van der Waals surface area (Å²) >= 11 is 0. The standard InChI is InChI=1S/C27H31N3O2/c1-2-18-28-26(31)13-14-27(32)29-24-15-19-30(20-16-24)21-17-25(22-9-5-3-6-10-22)23-11-7-4-8-12-23/h1,3-14,24-25H,15-21H2,(H,28,31)(H,29,32). The lowest BCUT2D eigenvalue weighted by molar-refractivity contribution is -0.119. The van der Waals surface area contributed by atoms with Gasteiger partial charge in [-0.25, -0.2) is 0 Å². The van der Waals surface area contributed by atoms with Gasteiger partial charge in [-0.2, -0.15) is 0 Å². The number of nitrogens with one attached hydrogen (secondary N) is 2. The van der Waals surface area contributed by atoms with Gasteiger partial charge in [0.25, 0.3) is 0 Å². The van der Waals surface area contributed by atoms with Crippen LogP contribution in [0.15, 0.2) is 72.8 Å². The van der Waals surface area contributed by atoms with Crippen molar-refractivity contribution in [1.82, 2.24) is 15.5 Å². The minimum atomic E-state index is -0.362. The number of rotatable bonds is 9. The van der Waals surface area contributed by atoms with Crippen LogP contribution in [0.5, 0.6) is 0 Å².